The van der Waals surface area contributed by atoms with Gasteiger partial charge in [-0.05, 0) is 72.0 Å². The lowest BCUT2D eigenvalue weighted by Gasteiger charge is -2.19. The molecule has 0 saturated carbocycles. The van der Waals surface area contributed by atoms with E-state index in [0.717, 1.165) is 43.4 Å². The molecule has 0 saturated heterocycles. The smallest absolute Gasteiger partial charge is 0.426 e. The Morgan fingerprint density at radius 3 is 1.83 bits per heavy atom. The molecule has 3 nitrogen and oxygen atoms in total. The number of benzene rings is 5. The number of hydrogen-bond donors (Lipinski definition) is 0. The SMILES string of the molecule is CCCCCc1ccc(C(F)(F)Oc2ccc(-c3ccc(-c4ccc(C(=O)Oc5cc(F)c(F)c(F)c5)cc4)c(F)c3)c(F)c2)cc1. The molecule has 0 unspecified atom stereocenters. The summed E-state index contributed by atoms with van der Waals surface area (Å²) in [5.41, 5.74) is 1.06. The number of unbranched alkanes of at least 4 members (excludes halogenated alkanes) is 2. The second kappa shape index (κ2) is 14.1. The number of carbonyl (C=O) groups excluding carboxylic acids is 1. The monoisotopic (exact) mass is 652 g/mol. The van der Waals surface area contributed by atoms with Crippen LogP contribution in [0.25, 0.3) is 22.3 Å². The number of carbonyl (C=O) groups is 1. The third-order valence-corrected chi connectivity index (χ3v) is 7.43. The summed E-state index contributed by atoms with van der Waals surface area (Å²) in [5, 5.41) is 0. The molecular weight excluding hydrogens is 625 g/mol. The summed E-state index contributed by atoms with van der Waals surface area (Å²) in [6, 6.07) is 19.3. The van der Waals surface area contributed by atoms with Gasteiger partial charge in [-0.1, -0.05) is 56.2 Å². The first-order valence-corrected chi connectivity index (χ1v) is 14.7. The zero-order chi connectivity index (χ0) is 33.7. The molecule has 0 aliphatic carbocycles. The van der Waals surface area contributed by atoms with Gasteiger partial charge >= 0.3 is 12.1 Å². The van der Waals surface area contributed by atoms with Gasteiger partial charge in [0.1, 0.15) is 23.1 Å². The van der Waals surface area contributed by atoms with Gasteiger partial charge in [0.25, 0.3) is 0 Å². The van der Waals surface area contributed by atoms with E-state index in [-0.39, 0.29) is 27.8 Å². The molecule has 0 bridgehead atoms. The van der Waals surface area contributed by atoms with Crippen LogP contribution in [-0.4, -0.2) is 5.97 Å². The van der Waals surface area contributed by atoms with E-state index in [4.69, 9.17) is 9.47 Å². The molecule has 0 fully saturated rings. The number of esters is 1. The van der Waals surface area contributed by atoms with Crippen molar-refractivity contribution in [1.82, 2.24) is 0 Å². The Hall–Kier alpha value is -5.12. The van der Waals surface area contributed by atoms with Crippen LogP contribution >= 0.6 is 0 Å². The van der Waals surface area contributed by atoms with E-state index in [1.165, 1.54) is 60.7 Å². The molecule has 0 spiro atoms. The second-order valence-electron chi connectivity index (χ2n) is 10.8. The first kappa shape index (κ1) is 33.2. The van der Waals surface area contributed by atoms with Crippen molar-refractivity contribution >= 4 is 5.97 Å². The minimum atomic E-state index is -3.72. The topological polar surface area (TPSA) is 35.5 Å². The molecule has 5 aromatic carbocycles. The standard InChI is InChI=1S/C37H27F7O3/c1-2-3-4-5-22-6-13-26(14-7-22)37(43,44)47-27-15-17-30(32(39)19-27)25-12-16-29(31(38)18-25)23-8-10-24(11-9-23)36(45)46-28-20-33(40)35(42)34(41)21-28/h6-21H,2-5H2,1H3. The van der Waals surface area contributed by atoms with Gasteiger partial charge in [-0.25, -0.2) is 26.7 Å². The van der Waals surface area contributed by atoms with Crippen molar-refractivity contribution in [3.63, 3.8) is 0 Å². The average molecular weight is 653 g/mol. The van der Waals surface area contributed by atoms with E-state index in [1.54, 1.807) is 12.1 Å². The van der Waals surface area contributed by atoms with Gasteiger partial charge < -0.3 is 9.47 Å². The van der Waals surface area contributed by atoms with Crippen LogP contribution in [0.5, 0.6) is 11.5 Å². The van der Waals surface area contributed by atoms with Crippen molar-refractivity contribution in [2.45, 2.75) is 38.7 Å². The molecule has 0 amide bonds. The maximum atomic E-state index is 15.2. The molecule has 0 N–H and O–H groups in total. The van der Waals surface area contributed by atoms with Crippen LogP contribution in [0.4, 0.5) is 30.7 Å². The molecule has 242 valence electrons. The highest BCUT2D eigenvalue weighted by Crippen LogP contribution is 2.35. The maximum Gasteiger partial charge on any atom is 0.426 e. The molecule has 5 aromatic rings. The third kappa shape index (κ3) is 7.82. The third-order valence-electron chi connectivity index (χ3n) is 7.43. The second-order valence-corrected chi connectivity index (χ2v) is 10.8. The molecule has 0 aliphatic heterocycles. The van der Waals surface area contributed by atoms with E-state index in [1.807, 2.05) is 0 Å². The van der Waals surface area contributed by atoms with Crippen LogP contribution in [0.2, 0.25) is 0 Å². The van der Waals surface area contributed by atoms with Crippen LogP contribution in [0.15, 0.2) is 97.1 Å². The van der Waals surface area contributed by atoms with Crippen LogP contribution in [0.3, 0.4) is 0 Å². The molecule has 0 radical (unpaired) electrons. The first-order chi connectivity index (χ1) is 22.4. The summed E-state index contributed by atoms with van der Waals surface area (Å²) in [7, 11) is 0. The van der Waals surface area contributed by atoms with E-state index < -0.39 is 52.7 Å². The fourth-order valence-electron chi connectivity index (χ4n) is 4.90. The molecule has 0 atom stereocenters. The van der Waals surface area contributed by atoms with Crippen LogP contribution < -0.4 is 9.47 Å². The van der Waals surface area contributed by atoms with E-state index in [9.17, 15) is 26.7 Å². The van der Waals surface area contributed by atoms with Crippen molar-refractivity contribution in [3.8, 4) is 33.8 Å². The van der Waals surface area contributed by atoms with Gasteiger partial charge in [-0.15, -0.1) is 0 Å². The van der Waals surface area contributed by atoms with Crippen LogP contribution in [0.1, 0.15) is 47.7 Å². The Morgan fingerprint density at radius 1 is 0.638 bits per heavy atom. The van der Waals surface area contributed by atoms with Gasteiger partial charge in [0, 0.05) is 29.3 Å². The lowest BCUT2D eigenvalue weighted by Crippen LogP contribution is -2.22. The predicted octanol–water partition coefficient (Wildman–Crippen LogP) is 10.8. The molecule has 0 aliphatic rings. The van der Waals surface area contributed by atoms with E-state index in [2.05, 4.69) is 6.92 Å². The Balaban J connectivity index is 1.26. The Labute approximate surface area is 266 Å². The van der Waals surface area contributed by atoms with Gasteiger partial charge in [0.05, 0.1) is 11.1 Å². The normalized spacial score (nSPS) is 11.4. The van der Waals surface area contributed by atoms with Crippen molar-refractivity contribution in [2.24, 2.45) is 0 Å². The highest BCUT2D eigenvalue weighted by molar-refractivity contribution is 5.91. The van der Waals surface area contributed by atoms with E-state index in [0.29, 0.717) is 17.7 Å². The Morgan fingerprint density at radius 2 is 1.21 bits per heavy atom. The highest BCUT2D eigenvalue weighted by atomic mass is 19.3. The highest BCUT2D eigenvalue weighted by Gasteiger charge is 2.34. The van der Waals surface area contributed by atoms with Crippen LogP contribution in [0, 0.1) is 29.1 Å². The lowest BCUT2D eigenvalue weighted by atomic mass is 9.98. The van der Waals surface area contributed by atoms with Crippen LogP contribution in [-0.2, 0) is 12.5 Å². The van der Waals surface area contributed by atoms with Gasteiger partial charge in [-0.2, -0.15) is 8.78 Å². The molecule has 5 rings (SSSR count). The first-order valence-electron chi connectivity index (χ1n) is 14.7. The maximum absolute atomic E-state index is 15.2. The fraction of sp³-hybridized carbons (Fsp3) is 0.162. The molecular formula is C37H27F7O3. The summed E-state index contributed by atoms with van der Waals surface area (Å²) in [5.74, 6) is -8.33. The summed E-state index contributed by atoms with van der Waals surface area (Å²) in [6.45, 7) is 2.08. The average Bonchev–Trinajstić information content (AvgIpc) is 3.04. The quantitative estimate of drug-likeness (QED) is 0.0468. The fourth-order valence-corrected chi connectivity index (χ4v) is 4.90. The number of rotatable bonds is 11. The minimum absolute atomic E-state index is 0.0368. The Kier molecular flexibility index (Phi) is 9.98. The van der Waals surface area contributed by atoms with Crippen molar-refractivity contribution in [2.75, 3.05) is 0 Å². The number of halogens is 7. The largest absolute Gasteiger partial charge is 0.429 e. The minimum Gasteiger partial charge on any atom is -0.429 e. The number of hydrogen-bond acceptors (Lipinski definition) is 3. The van der Waals surface area contributed by atoms with Crippen molar-refractivity contribution in [3.05, 3.63) is 143 Å². The zero-order valence-corrected chi connectivity index (χ0v) is 24.9. The van der Waals surface area contributed by atoms with Gasteiger partial charge in [0.2, 0.25) is 0 Å². The zero-order valence-electron chi connectivity index (χ0n) is 24.9. The predicted molar refractivity (Wildman–Crippen MR) is 163 cm³/mol. The van der Waals surface area contributed by atoms with Gasteiger partial charge in [0.15, 0.2) is 17.5 Å². The number of alkyl halides is 2. The number of aryl methyl sites for hydroxylation is 1. The Bertz CT molecular complexity index is 1870. The summed E-state index contributed by atoms with van der Waals surface area (Å²) in [4.78, 5) is 12.4. The van der Waals surface area contributed by atoms with Crippen molar-refractivity contribution < 1.29 is 45.0 Å². The summed E-state index contributed by atoms with van der Waals surface area (Å²) in [6.07, 6.45) is 0.127. The number of ether oxygens (including phenoxy) is 2. The molecule has 47 heavy (non-hydrogen) atoms. The molecule has 0 aromatic heterocycles. The van der Waals surface area contributed by atoms with E-state index >= 15 is 8.78 Å². The van der Waals surface area contributed by atoms with Crippen molar-refractivity contribution in [1.29, 1.82) is 0 Å². The lowest BCUT2D eigenvalue weighted by molar-refractivity contribution is -0.185. The summed E-state index contributed by atoms with van der Waals surface area (Å²) < 4.78 is 110. The molecule has 10 heteroatoms. The summed E-state index contributed by atoms with van der Waals surface area (Å²) >= 11 is 0. The van der Waals surface area contributed by atoms with Gasteiger partial charge in [-0.3, -0.25) is 0 Å². The molecule has 0 heterocycles.